The molecule has 0 bridgehead atoms. The van der Waals surface area contributed by atoms with Crippen LogP contribution in [0.2, 0.25) is 0 Å². The van der Waals surface area contributed by atoms with Crippen molar-refractivity contribution in [1.82, 2.24) is 5.32 Å². The van der Waals surface area contributed by atoms with E-state index in [-0.39, 0.29) is 11.9 Å². The van der Waals surface area contributed by atoms with E-state index in [1.165, 1.54) is 19.3 Å². The Hall–Kier alpha value is -1.35. The molecule has 1 amide bonds. The van der Waals surface area contributed by atoms with Gasteiger partial charge in [0, 0.05) is 5.69 Å². The molecule has 2 rings (SSSR count). The largest absolute Gasteiger partial charge is 0.325 e. The van der Waals surface area contributed by atoms with Gasteiger partial charge in [0.25, 0.3) is 0 Å². The van der Waals surface area contributed by atoms with Crippen LogP contribution >= 0.6 is 0 Å². The molecule has 20 heavy (non-hydrogen) atoms. The summed E-state index contributed by atoms with van der Waals surface area (Å²) in [5.41, 5.74) is 0.874. The van der Waals surface area contributed by atoms with Crippen molar-refractivity contribution in [3.63, 3.8) is 0 Å². The highest BCUT2D eigenvalue weighted by atomic mass is 16.2. The highest BCUT2D eigenvalue weighted by Gasteiger charge is 2.27. The van der Waals surface area contributed by atoms with Gasteiger partial charge < -0.3 is 10.6 Å². The van der Waals surface area contributed by atoms with Gasteiger partial charge in [-0.1, -0.05) is 51.3 Å². The molecule has 0 radical (unpaired) electrons. The summed E-state index contributed by atoms with van der Waals surface area (Å²) in [4.78, 5) is 12.3. The van der Waals surface area contributed by atoms with Crippen LogP contribution in [0.25, 0.3) is 0 Å². The zero-order chi connectivity index (χ0) is 14.8. The van der Waals surface area contributed by atoms with Gasteiger partial charge in [-0.25, -0.2) is 0 Å². The second-order valence-corrected chi connectivity index (χ2v) is 5.02. The summed E-state index contributed by atoms with van der Waals surface area (Å²) in [6.45, 7) is 4.00. The van der Waals surface area contributed by atoms with Gasteiger partial charge in [-0.2, -0.15) is 0 Å². The van der Waals surface area contributed by atoms with E-state index in [9.17, 15) is 4.79 Å². The predicted molar refractivity (Wildman–Crippen MR) is 85.8 cm³/mol. The summed E-state index contributed by atoms with van der Waals surface area (Å²) in [7, 11) is 1.88. The minimum atomic E-state index is -0.0643. The van der Waals surface area contributed by atoms with Crippen molar-refractivity contribution < 1.29 is 4.79 Å². The molecule has 0 saturated heterocycles. The molecule has 1 aromatic rings. The molecule has 0 aliphatic heterocycles. The summed E-state index contributed by atoms with van der Waals surface area (Å²) >= 11 is 0. The topological polar surface area (TPSA) is 41.1 Å². The minimum Gasteiger partial charge on any atom is -0.325 e. The molecule has 0 aromatic heterocycles. The van der Waals surface area contributed by atoms with E-state index in [0.717, 1.165) is 18.5 Å². The first-order valence-corrected chi connectivity index (χ1v) is 7.84. The summed E-state index contributed by atoms with van der Waals surface area (Å²) in [6.07, 6.45) is 6.14. The van der Waals surface area contributed by atoms with E-state index >= 15 is 0 Å². The van der Waals surface area contributed by atoms with E-state index < -0.39 is 0 Å². The van der Waals surface area contributed by atoms with Crippen LogP contribution in [0.4, 0.5) is 5.69 Å². The van der Waals surface area contributed by atoms with Crippen molar-refractivity contribution in [2.75, 3.05) is 12.4 Å². The predicted octanol–water partition coefficient (Wildman–Crippen LogP) is 3.82. The third kappa shape index (κ3) is 4.97. The highest BCUT2D eigenvalue weighted by molar-refractivity contribution is 5.95. The first-order valence-electron chi connectivity index (χ1n) is 7.84. The van der Waals surface area contributed by atoms with Gasteiger partial charge in [-0.05, 0) is 37.9 Å². The van der Waals surface area contributed by atoms with Gasteiger partial charge in [-0.3, -0.25) is 4.79 Å². The van der Waals surface area contributed by atoms with Crippen molar-refractivity contribution in [2.24, 2.45) is 5.92 Å². The molecule has 1 fully saturated rings. The van der Waals surface area contributed by atoms with E-state index in [4.69, 9.17) is 0 Å². The van der Waals surface area contributed by atoms with Crippen LogP contribution in [0.15, 0.2) is 30.3 Å². The van der Waals surface area contributed by atoms with Gasteiger partial charge in [-0.15, -0.1) is 0 Å². The Morgan fingerprint density at radius 1 is 1.10 bits per heavy atom. The second kappa shape index (κ2) is 9.54. The molecule has 1 unspecified atom stereocenters. The summed E-state index contributed by atoms with van der Waals surface area (Å²) in [6, 6.07) is 9.60. The molecule has 1 aliphatic carbocycles. The van der Waals surface area contributed by atoms with E-state index in [2.05, 4.69) is 10.6 Å². The normalized spacial score (nSPS) is 16.8. The van der Waals surface area contributed by atoms with Gasteiger partial charge in [0.05, 0.1) is 6.04 Å². The second-order valence-electron chi connectivity index (χ2n) is 5.02. The first kappa shape index (κ1) is 16.7. The number of hydrogen-bond acceptors (Lipinski definition) is 2. The number of carbonyl (C=O) groups excluding carboxylic acids is 1. The number of rotatable bonds is 4. The summed E-state index contributed by atoms with van der Waals surface area (Å²) in [5, 5.41) is 6.17. The number of para-hydroxylation sites is 1. The molecule has 0 heterocycles. The summed E-state index contributed by atoms with van der Waals surface area (Å²) < 4.78 is 0. The van der Waals surface area contributed by atoms with Crippen LogP contribution in [-0.4, -0.2) is 19.0 Å². The SMILES string of the molecule is CC.CNC(C(=O)Nc1ccccc1)C1CCCCC1. The monoisotopic (exact) mass is 276 g/mol. The molecule has 3 heteroatoms. The van der Waals surface area contributed by atoms with Gasteiger partial charge >= 0.3 is 0 Å². The summed E-state index contributed by atoms with van der Waals surface area (Å²) in [5.74, 6) is 0.572. The minimum absolute atomic E-state index is 0.0643. The lowest BCUT2D eigenvalue weighted by Crippen LogP contribution is -2.44. The maximum Gasteiger partial charge on any atom is 0.241 e. The van der Waals surface area contributed by atoms with Crippen molar-refractivity contribution in [3.8, 4) is 0 Å². The van der Waals surface area contributed by atoms with E-state index in [0.29, 0.717) is 5.92 Å². The Bertz CT molecular complexity index is 372. The molecule has 1 aliphatic rings. The van der Waals surface area contributed by atoms with Gasteiger partial charge in [0.2, 0.25) is 5.91 Å². The van der Waals surface area contributed by atoms with Crippen LogP contribution < -0.4 is 10.6 Å². The third-order valence-corrected chi connectivity index (χ3v) is 3.76. The smallest absolute Gasteiger partial charge is 0.241 e. The van der Waals surface area contributed by atoms with Gasteiger partial charge in [0.15, 0.2) is 0 Å². The van der Waals surface area contributed by atoms with E-state index in [1.807, 2.05) is 51.2 Å². The fourth-order valence-electron chi connectivity index (χ4n) is 2.79. The van der Waals surface area contributed by atoms with Crippen LogP contribution in [-0.2, 0) is 4.79 Å². The van der Waals surface area contributed by atoms with Crippen molar-refractivity contribution >= 4 is 11.6 Å². The van der Waals surface area contributed by atoms with Crippen molar-refractivity contribution in [1.29, 1.82) is 0 Å². The molecular weight excluding hydrogens is 248 g/mol. The quantitative estimate of drug-likeness (QED) is 0.877. The number of nitrogens with one attached hydrogen (secondary N) is 2. The number of likely N-dealkylation sites (N-methyl/N-ethyl adjacent to an activating group) is 1. The molecule has 112 valence electrons. The zero-order valence-corrected chi connectivity index (χ0v) is 13.0. The average Bonchev–Trinajstić information content (AvgIpc) is 2.52. The van der Waals surface area contributed by atoms with Crippen LogP contribution in [0.1, 0.15) is 46.0 Å². The molecule has 0 spiro atoms. The Morgan fingerprint density at radius 2 is 1.70 bits per heavy atom. The Balaban J connectivity index is 0.000000956. The van der Waals surface area contributed by atoms with Crippen LogP contribution in [0, 0.1) is 5.92 Å². The molecule has 1 atom stereocenters. The number of benzene rings is 1. The van der Waals surface area contributed by atoms with Crippen LogP contribution in [0.3, 0.4) is 0 Å². The number of anilines is 1. The standard InChI is InChI=1S/C15H22N2O.C2H6/c1-16-14(12-8-4-2-5-9-12)15(18)17-13-10-6-3-7-11-13;1-2/h3,6-7,10-12,14,16H,2,4-5,8-9H2,1H3,(H,17,18);1-2H3. The maximum atomic E-state index is 12.3. The molecule has 1 aromatic carbocycles. The molecular formula is C17H28N2O. The Labute approximate surface area is 123 Å². The fraction of sp³-hybridized carbons (Fsp3) is 0.588. The molecule has 1 saturated carbocycles. The van der Waals surface area contributed by atoms with Crippen molar-refractivity contribution in [3.05, 3.63) is 30.3 Å². The van der Waals surface area contributed by atoms with Gasteiger partial charge in [0.1, 0.15) is 0 Å². The third-order valence-electron chi connectivity index (χ3n) is 3.76. The number of hydrogen-bond donors (Lipinski definition) is 2. The zero-order valence-electron chi connectivity index (χ0n) is 13.0. The average molecular weight is 276 g/mol. The molecule has 2 N–H and O–H groups in total. The maximum absolute atomic E-state index is 12.3. The van der Waals surface area contributed by atoms with E-state index in [1.54, 1.807) is 0 Å². The highest BCUT2D eigenvalue weighted by Crippen LogP contribution is 2.27. The van der Waals surface area contributed by atoms with Crippen molar-refractivity contribution in [2.45, 2.75) is 52.0 Å². The Kier molecular flexibility index (Phi) is 7.97. The molecule has 3 nitrogen and oxygen atoms in total. The number of carbonyl (C=O) groups is 1. The first-order chi connectivity index (χ1) is 9.81. The Morgan fingerprint density at radius 3 is 2.25 bits per heavy atom. The van der Waals surface area contributed by atoms with Crippen LogP contribution in [0.5, 0.6) is 0 Å². The number of amides is 1. The fourth-order valence-corrected chi connectivity index (χ4v) is 2.79. The lowest BCUT2D eigenvalue weighted by molar-refractivity contribution is -0.119. The lowest BCUT2D eigenvalue weighted by atomic mass is 9.83. The lowest BCUT2D eigenvalue weighted by Gasteiger charge is -2.29.